The molecule has 0 spiro atoms. The summed E-state index contributed by atoms with van der Waals surface area (Å²) in [6.45, 7) is 2.18. The molecule has 0 radical (unpaired) electrons. The van der Waals surface area contributed by atoms with Crippen LogP contribution in [0.1, 0.15) is 45.4 Å². The first-order chi connectivity index (χ1) is 7.22. The highest BCUT2D eigenvalue weighted by Gasteiger charge is 2.12. The van der Waals surface area contributed by atoms with Gasteiger partial charge < -0.3 is 16.2 Å². The molecule has 0 amide bonds. The van der Waals surface area contributed by atoms with Crippen molar-refractivity contribution in [1.29, 1.82) is 0 Å². The second-order valence-corrected chi connectivity index (χ2v) is 4.36. The summed E-state index contributed by atoms with van der Waals surface area (Å²) >= 11 is 0. The molecule has 0 saturated heterocycles. The zero-order valence-electron chi connectivity index (χ0n) is 9.58. The topological polar surface area (TPSA) is 70.6 Å². The summed E-state index contributed by atoms with van der Waals surface area (Å²) in [5, 5.41) is 11.8. The molecule has 1 unspecified atom stereocenters. The van der Waals surface area contributed by atoms with Gasteiger partial charge in [0, 0.05) is 12.6 Å². The molecule has 15 heavy (non-hydrogen) atoms. The average Bonchev–Trinajstić information content (AvgIpc) is 2.19. The summed E-state index contributed by atoms with van der Waals surface area (Å²) in [5.74, 6) is 0.530. The Morgan fingerprint density at radius 2 is 2.13 bits per heavy atom. The van der Waals surface area contributed by atoms with Crippen LogP contribution in [0.15, 0.2) is 4.99 Å². The Kier molecular flexibility index (Phi) is 5.47. The van der Waals surface area contributed by atoms with E-state index in [9.17, 15) is 0 Å². The van der Waals surface area contributed by atoms with Crippen LogP contribution in [0.5, 0.6) is 0 Å². The van der Waals surface area contributed by atoms with Crippen LogP contribution in [0, 0.1) is 0 Å². The lowest BCUT2D eigenvalue weighted by molar-refractivity contribution is 0.275. The number of nitrogens with one attached hydrogen (secondary N) is 1. The number of aliphatic hydroxyl groups is 1. The number of aliphatic hydroxyl groups excluding tert-OH is 1. The maximum absolute atomic E-state index is 8.75. The van der Waals surface area contributed by atoms with E-state index in [-0.39, 0.29) is 12.6 Å². The monoisotopic (exact) mass is 213 g/mol. The molecule has 0 aromatic carbocycles. The van der Waals surface area contributed by atoms with Crippen molar-refractivity contribution in [2.75, 3.05) is 6.61 Å². The molecule has 0 bridgehead atoms. The fourth-order valence-electron chi connectivity index (χ4n) is 1.96. The molecule has 1 fully saturated rings. The maximum Gasteiger partial charge on any atom is 0.189 e. The van der Waals surface area contributed by atoms with Crippen molar-refractivity contribution in [2.45, 2.75) is 57.5 Å². The first-order valence-electron chi connectivity index (χ1n) is 5.93. The second kappa shape index (κ2) is 6.67. The number of guanidine groups is 1. The Morgan fingerprint density at radius 3 is 2.73 bits per heavy atom. The van der Waals surface area contributed by atoms with E-state index in [0.29, 0.717) is 18.4 Å². The van der Waals surface area contributed by atoms with Crippen LogP contribution in [0.4, 0.5) is 0 Å². The van der Waals surface area contributed by atoms with Crippen molar-refractivity contribution >= 4 is 5.96 Å². The summed E-state index contributed by atoms with van der Waals surface area (Å²) in [4.78, 5) is 4.46. The lowest BCUT2D eigenvalue weighted by atomic mass is 9.96. The highest BCUT2D eigenvalue weighted by atomic mass is 16.3. The third-order valence-electron chi connectivity index (χ3n) is 2.85. The van der Waals surface area contributed by atoms with E-state index in [1.54, 1.807) is 0 Å². The van der Waals surface area contributed by atoms with E-state index < -0.39 is 0 Å². The maximum atomic E-state index is 8.75. The van der Waals surface area contributed by atoms with Crippen molar-refractivity contribution < 1.29 is 5.11 Å². The summed E-state index contributed by atoms with van der Waals surface area (Å²) in [7, 11) is 0. The van der Waals surface area contributed by atoms with Gasteiger partial charge in [-0.2, -0.15) is 0 Å². The van der Waals surface area contributed by atoms with Crippen LogP contribution in [-0.4, -0.2) is 29.8 Å². The van der Waals surface area contributed by atoms with Gasteiger partial charge in [0.2, 0.25) is 0 Å². The summed E-state index contributed by atoms with van der Waals surface area (Å²) in [6, 6.07) is 0.606. The lowest BCUT2D eigenvalue weighted by Crippen LogP contribution is -2.39. The molecule has 88 valence electrons. The first kappa shape index (κ1) is 12.3. The molecule has 1 atom stereocenters. The first-order valence-corrected chi connectivity index (χ1v) is 5.93. The Morgan fingerprint density at radius 1 is 1.47 bits per heavy atom. The van der Waals surface area contributed by atoms with Crippen LogP contribution in [0.25, 0.3) is 0 Å². The van der Waals surface area contributed by atoms with Gasteiger partial charge >= 0.3 is 0 Å². The predicted molar refractivity (Wildman–Crippen MR) is 62.8 cm³/mol. The smallest absolute Gasteiger partial charge is 0.189 e. The molecule has 0 aromatic rings. The molecule has 0 aromatic heterocycles. The van der Waals surface area contributed by atoms with Gasteiger partial charge in [-0.25, -0.2) is 0 Å². The average molecular weight is 213 g/mol. The molecule has 0 heterocycles. The molecular formula is C11H23N3O. The Balaban J connectivity index is 2.30. The van der Waals surface area contributed by atoms with E-state index >= 15 is 0 Å². The van der Waals surface area contributed by atoms with Crippen molar-refractivity contribution in [2.24, 2.45) is 10.7 Å². The van der Waals surface area contributed by atoms with Crippen LogP contribution >= 0.6 is 0 Å². The summed E-state index contributed by atoms with van der Waals surface area (Å²) < 4.78 is 0. The Hall–Kier alpha value is -0.770. The molecule has 4 N–H and O–H groups in total. The van der Waals surface area contributed by atoms with Gasteiger partial charge in [0.05, 0.1) is 6.04 Å². The zero-order valence-corrected chi connectivity index (χ0v) is 9.58. The normalized spacial score (nSPS) is 21.3. The summed E-state index contributed by atoms with van der Waals surface area (Å²) in [5.41, 5.74) is 5.79. The van der Waals surface area contributed by atoms with E-state index in [0.717, 1.165) is 12.8 Å². The number of hydrogen-bond donors (Lipinski definition) is 3. The standard InChI is InChI=1S/C11H23N3O/c1-9(7-8-15)13-11(12)14-10-5-3-2-4-6-10/h9-10,15H,2-8H2,1H3,(H3,12,13,14). The molecule has 1 aliphatic carbocycles. The minimum atomic E-state index is 0.185. The third-order valence-corrected chi connectivity index (χ3v) is 2.85. The van der Waals surface area contributed by atoms with Crippen molar-refractivity contribution in [3.8, 4) is 0 Å². The predicted octanol–water partition coefficient (Wildman–Crippen LogP) is 0.994. The van der Waals surface area contributed by atoms with Gasteiger partial charge in [0.25, 0.3) is 0 Å². The molecule has 4 nitrogen and oxygen atoms in total. The third kappa shape index (κ3) is 5.02. The van der Waals surface area contributed by atoms with Crippen LogP contribution < -0.4 is 11.1 Å². The van der Waals surface area contributed by atoms with Crippen molar-refractivity contribution in [3.05, 3.63) is 0 Å². The molecular weight excluding hydrogens is 190 g/mol. The van der Waals surface area contributed by atoms with Crippen molar-refractivity contribution in [1.82, 2.24) is 5.32 Å². The fraction of sp³-hybridized carbons (Fsp3) is 0.909. The zero-order chi connectivity index (χ0) is 11.1. The number of nitrogens with two attached hydrogens (primary N) is 1. The van der Waals surface area contributed by atoms with Gasteiger partial charge in [-0.15, -0.1) is 0 Å². The highest BCUT2D eigenvalue weighted by Crippen LogP contribution is 2.19. The molecule has 0 aliphatic heterocycles. The fourth-order valence-corrected chi connectivity index (χ4v) is 1.96. The van der Waals surface area contributed by atoms with E-state index in [2.05, 4.69) is 10.3 Å². The molecule has 1 aliphatic rings. The number of hydrogen-bond acceptors (Lipinski definition) is 2. The molecule has 1 saturated carbocycles. The van der Waals surface area contributed by atoms with Crippen LogP contribution in [-0.2, 0) is 0 Å². The van der Waals surface area contributed by atoms with Gasteiger partial charge in [0.1, 0.15) is 0 Å². The van der Waals surface area contributed by atoms with E-state index in [1.165, 1.54) is 19.3 Å². The minimum absolute atomic E-state index is 0.185. The summed E-state index contributed by atoms with van der Waals surface area (Å²) in [6.07, 6.45) is 6.91. The quantitative estimate of drug-likeness (QED) is 0.482. The Bertz CT molecular complexity index is 200. The van der Waals surface area contributed by atoms with Gasteiger partial charge in [-0.05, 0) is 26.2 Å². The SMILES string of the molecule is CC(CCO)NC(N)=NC1CCCCC1. The van der Waals surface area contributed by atoms with Crippen LogP contribution in [0.2, 0.25) is 0 Å². The van der Waals surface area contributed by atoms with Crippen LogP contribution in [0.3, 0.4) is 0 Å². The number of rotatable bonds is 4. The van der Waals surface area contributed by atoms with Crippen molar-refractivity contribution in [3.63, 3.8) is 0 Å². The van der Waals surface area contributed by atoms with E-state index in [1.807, 2.05) is 6.92 Å². The van der Waals surface area contributed by atoms with Gasteiger partial charge in [0.15, 0.2) is 5.96 Å². The number of nitrogens with zero attached hydrogens (tertiary/aromatic N) is 1. The molecule has 1 rings (SSSR count). The Labute approximate surface area is 92.0 Å². The second-order valence-electron chi connectivity index (χ2n) is 4.36. The van der Waals surface area contributed by atoms with Gasteiger partial charge in [-0.1, -0.05) is 19.3 Å². The highest BCUT2D eigenvalue weighted by molar-refractivity contribution is 5.78. The largest absolute Gasteiger partial charge is 0.396 e. The number of aliphatic imine (C=N–C) groups is 1. The van der Waals surface area contributed by atoms with Gasteiger partial charge in [-0.3, -0.25) is 4.99 Å². The molecule has 4 heteroatoms. The minimum Gasteiger partial charge on any atom is -0.396 e. The van der Waals surface area contributed by atoms with E-state index in [4.69, 9.17) is 10.8 Å². The lowest BCUT2D eigenvalue weighted by Gasteiger charge is -2.20.